The number of rotatable bonds is 5. The number of benzene rings is 1. The summed E-state index contributed by atoms with van der Waals surface area (Å²) in [7, 11) is 0. The van der Waals surface area contributed by atoms with E-state index in [-0.39, 0.29) is 17.8 Å². The van der Waals surface area contributed by atoms with Gasteiger partial charge in [0.2, 0.25) is 0 Å². The molecular weight excluding hydrogens is 304 g/mol. The second-order valence-corrected chi connectivity index (χ2v) is 5.89. The van der Waals surface area contributed by atoms with Crippen LogP contribution in [-0.4, -0.2) is 35.9 Å². The van der Waals surface area contributed by atoms with Crippen LogP contribution in [0.4, 0.5) is 5.69 Å². The first-order valence-corrected chi connectivity index (χ1v) is 8.09. The number of nitrogens with zero attached hydrogens (tertiary/aromatic N) is 2. The lowest BCUT2D eigenvalue weighted by Crippen LogP contribution is -2.37. The fraction of sp³-hybridized carbons (Fsp3) is 0.316. The topological polar surface area (TPSA) is 59.5 Å². The van der Waals surface area contributed by atoms with E-state index in [0.717, 1.165) is 25.1 Å². The molecule has 1 saturated heterocycles. The fourth-order valence-corrected chi connectivity index (χ4v) is 2.82. The third kappa shape index (κ3) is 3.68. The first-order chi connectivity index (χ1) is 11.6. The molecule has 1 aliphatic rings. The number of ether oxygens (including phenoxy) is 1. The van der Waals surface area contributed by atoms with Crippen molar-refractivity contribution in [1.29, 1.82) is 0 Å². The molecule has 2 heterocycles. The smallest absolute Gasteiger partial charge is 0.258 e. The average molecular weight is 324 g/mol. The number of ketones is 1. The van der Waals surface area contributed by atoms with Gasteiger partial charge in [-0.2, -0.15) is 0 Å². The van der Waals surface area contributed by atoms with Crippen LogP contribution in [0.1, 0.15) is 40.5 Å². The third-order valence-electron chi connectivity index (χ3n) is 4.17. The Balaban J connectivity index is 1.86. The Hall–Kier alpha value is -2.53. The van der Waals surface area contributed by atoms with Crippen LogP contribution in [0.25, 0.3) is 0 Å². The number of anilines is 1. The lowest BCUT2D eigenvalue weighted by Gasteiger charge is -2.25. The van der Waals surface area contributed by atoms with Gasteiger partial charge in [0.1, 0.15) is 0 Å². The van der Waals surface area contributed by atoms with Crippen LogP contribution in [-0.2, 0) is 4.74 Å². The molecule has 124 valence electrons. The Morgan fingerprint density at radius 2 is 1.79 bits per heavy atom. The normalized spacial score (nSPS) is 16.8. The van der Waals surface area contributed by atoms with Crippen molar-refractivity contribution in [3.63, 3.8) is 0 Å². The maximum Gasteiger partial charge on any atom is 0.258 e. The summed E-state index contributed by atoms with van der Waals surface area (Å²) in [5, 5.41) is 0. The molecule has 5 nitrogen and oxygen atoms in total. The van der Waals surface area contributed by atoms with E-state index >= 15 is 0 Å². The van der Waals surface area contributed by atoms with E-state index in [1.54, 1.807) is 41.6 Å². The molecule has 2 aromatic rings. The SMILES string of the molecule is CC(=O)c1ccc(C(=O)N(CC2CCCO2)c2ccncc2)cc1. The molecule has 1 unspecified atom stereocenters. The van der Waals surface area contributed by atoms with Gasteiger partial charge in [-0.3, -0.25) is 14.6 Å². The molecule has 1 aromatic carbocycles. The Labute approximate surface area is 141 Å². The molecule has 1 atom stereocenters. The van der Waals surface area contributed by atoms with E-state index in [9.17, 15) is 9.59 Å². The fourth-order valence-electron chi connectivity index (χ4n) is 2.82. The monoisotopic (exact) mass is 324 g/mol. The summed E-state index contributed by atoms with van der Waals surface area (Å²) in [6, 6.07) is 10.4. The highest BCUT2D eigenvalue weighted by Gasteiger charge is 2.24. The van der Waals surface area contributed by atoms with Crippen molar-refractivity contribution in [3.8, 4) is 0 Å². The summed E-state index contributed by atoms with van der Waals surface area (Å²) < 4.78 is 5.69. The van der Waals surface area contributed by atoms with Crippen LogP contribution in [0.15, 0.2) is 48.8 Å². The van der Waals surface area contributed by atoms with Gasteiger partial charge in [-0.05, 0) is 44.0 Å². The van der Waals surface area contributed by atoms with Gasteiger partial charge in [-0.15, -0.1) is 0 Å². The molecule has 1 fully saturated rings. The molecule has 3 rings (SSSR count). The number of hydrogen-bond donors (Lipinski definition) is 0. The molecule has 5 heteroatoms. The predicted molar refractivity (Wildman–Crippen MR) is 91.3 cm³/mol. The maximum absolute atomic E-state index is 13.0. The second-order valence-electron chi connectivity index (χ2n) is 5.89. The summed E-state index contributed by atoms with van der Waals surface area (Å²) in [6.07, 6.45) is 5.38. The van der Waals surface area contributed by atoms with Gasteiger partial charge in [0.25, 0.3) is 5.91 Å². The van der Waals surface area contributed by atoms with Crippen molar-refractivity contribution in [2.45, 2.75) is 25.9 Å². The Morgan fingerprint density at radius 1 is 1.12 bits per heavy atom. The minimum Gasteiger partial charge on any atom is -0.376 e. The first-order valence-electron chi connectivity index (χ1n) is 8.09. The predicted octanol–water partition coefficient (Wildman–Crippen LogP) is 3.11. The summed E-state index contributed by atoms with van der Waals surface area (Å²) in [4.78, 5) is 30.1. The molecule has 0 bridgehead atoms. The summed E-state index contributed by atoms with van der Waals surface area (Å²) in [5.41, 5.74) is 1.94. The van der Waals surface area contributed by atoms with Crippen molar-refractivity contribution in [3.05, 3.63) is 59.9 Å². The van der Waals surface area contributed by atoms with E-state index in [1.807, 2.05) is 12.1 Å². The molecule has 24 heavy (non-hydrogen) atoms. The number of carbonyl (C=O) groups is 2. The van der Waals surface area contributed by atoms with Gasteiger partial charge >= 0.3 is 0 Å². The number of Topliss-reactive ketones (excluding diaryl/α,β-unsaturated/α-hetero) is 1. The quantitative estimate of drug-likeness (QED) is 0.793. The second kappa shape index (κ2) is 7.36. The molecule has 0 spiro atoms. The summed E-state index contributed by atoms with van der Waals surface area (Å²) >= 11 is 0. The highest BCUT2D eigenvalue weighted by Crippen LogP contribution is 2.21. The van der Waals surface area contributed by atoms with Crippen LogP contribution in [0.2, 0.25) is 0 Å². The molecule has 1 amide bonds. The van der Waals surface area contributed by atoms with E-state index in [4.69, 9.17) is 4.74 Å². The zero-order valence-electron chi connectivity index (χ0n) is 13.6. The minimum atomic E-state index is -0.105. The van der Waals surface area contributed by atoms with Crippen LogP contribution >= 0.6 is 0 Å². The van der Waals surface area contributed by atoms with E-state index in [2.05, 4.69) is 4.98 Å². The average Bonchev–Trinajstić information content (AvgIpc) is 3.13. The standard InChI is InChI=1S/C19H20N2O3/c1-14(22)15-4-6-16(7-5-15)19(23)21(13-18-3-2-12-24-18)17-8-10-20-11-9-17/h4-11,18H,2-3,12-13H2,1H3. The van der Waals surface area contributed by atoms with E-state index < -0.39 is 0 Å². The van der Waals surface area contributed by atoms with Gasteiger partial charge in [0.15, 0.2) is 5.78 Å². The van der Waals surface area contributed by atoms with Gasteiger partial charge in [-0.25, -0.2) is 0 Å². The Kier molecular flexibility index (Phi) is 5.01. The summed E-state index contributed by atoms with van der Waals surface area (Å²) in [6.45, 7) is 2.77. The minimum absolute atomic E-state index is 0.0145. The van der Waals surface area contributed by atoms with Crippen molar-refractivity contribution in [2.75, 3.05) is 18.1 Å². The summed E-state index contributed by atoms with van der Waals surface area (Å²) in [5.74, 6) is -0.119. The van der Waals surface area contributed by atoms with Crippen LogP contribution in [0.3, 0.4) is 0 Å². The Morgan fingerprint density at radius 3 is 2.38 bits per heavy atom. The van der Waals surface area contributed by atoms with Crippen LogP contribution in [0, 0.1) is 0 Å². The zero-order chi connectivity index (χ0) is 16.9. The van der Waals surface area contributed by atoms with Crippen LogP contribution < -0.4 is 4.90 Å². The molecule has 0 radical (unpaired) electrons. The number of carbonyl (C=O) groups excluding carboxylic acids is 2. The lowest BCUT2D eigenvalue weighted by atomic mass is 10.1. The molecule has 1 aromatic heterocycles. The molecule has 0 N–H and O–H groups in total. The van der Waals surface area contributed by atoms with Crippen molar-refractivity contribution in [2.24, 2.45) is 0 Å². The highest BCUT2D eigenvalue weighted by molar-refractivity contribution is 6.06. The van der Waals surface area contributed by atoms with E-state index in [0.29, 0.717) is 17.7 Å². The van der Waals surface area contributed by atoms with Gasteiger partial charge < -0.3 is 9.64 Å². The zero-order valence-corrected chi connectivity index (χ0v) is 13.6. The molecule has 0 aliphatic carbocycles. The van der Waals surface area contributed by atoms with Crippen molar-refractivity contribution < 1.29 is 14.3 Å². The van der Waals surface area contributed by atoms with Gasteiger partial charge in [0, 0.05) is 35.8 Å². The van der Waals surface area contributed by atoms with E-state index in [1.165, 1.54) is 6.92 Å². The van der Waals surface area contributed by atoms with Crippen molar-refractivity contribution >= 4 is 17.4 Å². The lowest BCUT2D eigenvalue weighted by molar-refractivity contribution is 0.0916. The number of pyridine rings is 1. The van der Waals surface area contributed by atoms with Gasteiger partial charge in [-0.1, -0.05) is 12.1 Å². The number of aromatic nitrogens is 1. The Bertz CT molecular complexity index is 707. The van der Waals surface area contributed by atoms with Crippen LogP contribution in [0.5, 0.6) is 0 Å². The molecular formula is C19H20N2O3. The molecule has 0 saturated carbocycles. The highest BCUT2D eigenvalue weighted by atomic mass is 16.5. The number of hydrogen-bond acceptors (Lipinski definition) is 4. The maximum atomic E-state index is 13.0. The molecule has 1 aliphatic heterocycles. The van der Waals surface area contributed by atoms with Crippen molar-refractivity contribution in [1.82, 2.24) is 4.98 Å². The largest absolute Gasteiger partial charge is 0.376 e. The van der Waals surface area contributed by atoms with Gasteiger partial charge in [0.05, 0.1) is 12.6 Å². The first kappa shape index (κ1) is 16.3. The third-order valence-corrected chi connectivity index (χ3v) is 4.17. The number of amides is 1.